The molecule has 0 saturated carbocycles. The van der Waals surface area contributed by atoms with Gasteiger partial charge in [0.15, 0.2) is 0 Å². The van der Waals surface area contributed by atoms with Gasteiger partial charge in [0, 0.05) is 16.8 Å². The van der Waals surface area contributed by atoms with E-state index in [1.54, 1.807) is 17.4 Å². The molecule has 1 N–H and O–H groups in total. The third kappa shape index (κ3) is 2.55. The molecule has 2 rings (SSSR count). The minimum atomic E-state index is 0.671. The van der Waals surface area contributed by atoms with Crippen molar-refractivity contribution in [3.8, 4) is 6.07 Å². The van der Waals surface area contributed by atoms with Crippen LogP contribution in [-0.4, -0.2) is 4.98 Å². The molecule has 4 heteroatoms. The fraction of sp³-hybridized carbons (Fsp3) is 0.0909. The van der Waals surface area contributed by atoms with Gasteiger partial charge in [-0.15, -0.1) is 11.3 Å². The first-order chi connectivity index (χ1) is 7.38. The maximum Gasteiger partial charge on any atom is 0.0992 e. The van der Waals surface area contributed by atoms with Crippen LogP contribution in [0.4, 0.5) is 5.69 Å². The van der Waals surface area contributed by atoms with E-state index in [9.17, 15) is 0 Å². The number of nitriles is 1. The Balaban J connectivity index is 2.02. The van der Waals surface area contributed by atoms with E-state index >= 15 is 0 Å². The van der Waals surface area contributed by atoms with Gasteiger partial charge in [-0.3, -0.25) is 4.98 Å². The molecule has 0 spiro atoms. The van der Waals surface area contributed by atoms with E-state index in [0.29, 0.717) is 5.56 Å². The molecule has 0 aliphatic rings. The van der Waals surface area contributed by atoms with Crippen molar-refractivity contribution in [1.82, 2.24) is 4.98 Å². The molecule has 0 aliphatic heterocycles. The Morgan fingerprint density at radius 2 is 2.40 bits per heavy atom. The molecule has 0 aliphatic carbocycles. The van der Waals surface area contributed by atoms with Crippen molar-refractivity contribution in [2.24, 2.45) is 0 Å². The van der Waals surface area contributed by atoms with Crippen LogP contribution in [0.25, 0.3) is 0 Å². The Hall–Kier alpha value is -1.86. The first-order valence-corrected chi connectivity index (χ1v) is 5.38. The SMILES string of the molecule is N#Cc1cccc(NCc2cncs2)c1. The summed E-state index contributed by atoms with van der Waals surface area (Å²) in [5.74, 6) is 0. The van der Waals surface area contributed by atoms with E-state index in [4.69, 9.17) is 5.26 Å². The van der Waals surface area contributed by atoms with Crippen molar-refractivity contribution >= 4 is 17.0 Å². The van der Waals surface area contributed by atoms with Crippen molar-refractivity contribution < 1.29 is 0 Å². The summed E-state index contributed by atoms with van der Waals surface area (Å²) in [7, 11) is 0. The average Bonchev–Trinajstić information content (AvgIpc) is 2.79. The lowest BCUT2D eigenvalue weighted by Gasteiger charge is -2.03. The van der Waals surface area contributed by atoms with Gasteiger partial charge in [0.05, 0.1) is 23.7 Å². The second-order valence-electron chi connectivity index (χ2n) is 3.01. The predicted octanol–water partition coefficient (Wildman–Crippen LogP) is 2.63. The van der Waals surface area contributed by atoms with Crippen molar-refractivity contribution in [3.63, 3.8) is 0 Å². The van der Waals surface area contributed by atoms with E-state index < -0.39 is 0 Å². The van der Waals surface area contributed by atoms with Gasteiger partial charge in [0.2, 0.25) is 0 Å². The molecule has 1 aromatic heterocycles. The topological polar surface area (TPSA) is 48.7 Å². The third-order valence-corrected chi connectivity index (χ3v) is 2.72. The van der Waals surface area contributed by atoms with Gasteiger partial charge in [-0.1, -0.05) is 6.07 Å². The monoisotopic (exact) mass is 215 g/mol. The van der Waals surface area contributed by atoms with Gasteiger partial charge in [-0.2, -0.15) is 5.26 Å². The van der Waals surface area contributed by atoms with E-state index in [1.807, 2.05) is 29.9 Å². The molecule has 0 radical (unpaired) electrons. The van der Waals surface area contributed by atoms with E-state index in [1.165, 1.54) is 4.88 Å². The first kappa shape index (κ1) is 9.69. The maximum absolute atomic E-state index is 8.73. The highest BCUT2D eigenvalue weighted by molar-refractivity contribution is 7.09. The molecule has 1 heterocycles. The van der Waals surface area contributed by atoms with Gasteiger partial charge in [-0.05, 0) is 18.2 Å². The first-order valence-electron chi connectivity index (χ1n) is 4.50. The summed E-state index contributed by atoms with van der Waals surface area (Å²) in [6, 6.07) is 9.55. The van der Waals surface area contributed by atoms with Gasteiger partial charge < -0.3 is 5.32 Å². The van der Waals surface area contributed by atoms with Crippen LogP contribution in [0.5, 0.6) is 0 Å². The lowest BCUT2D eigenvalue weighted by molar-refractivity contribution is 1.17. The molecule has 0 saturated heterocycles. The van der Waals surface area contributed by atoms with Crippen LogP contribution in [-0.2, 0) is 6.54 Å². The molecule has 0 amide bonds. The zero-order valence-corrected chi connectivity index (χ0v) is 8.79. The normalized spacial score (nSPS) is 9.53. The van der Waals surface area contributed by atoms with Crippen molar-refractivity contribution in [1.29, 1.82) is 5.26 Å². The van der Waals surface area contributed by atoms with E-state index in [0.717, 1.165) is 12.2 Å². The van der Waals surface area contributed by atoms with Crippen LogP contribution < -0.4 is 5.32 Å². The summed E-state index contributed by atoms with van der Waals surface area (Å²) in [6.07, 6.45) is 1.84. The molecule has 2 aromatic rings. The van der Waals surface area contributed by atoms with Crippen molar-refractivity contribution in [3.05, 3.63) is 46.4 Å². The molecule has 0 unspecified atom stereocenters. The lowest BCUT2D eigenvalue weighted by Crippen LogP contribution is -1.97. The number of hydrogen-bond donors (Lipinski definition) is 1. The van der Waals surface area contributed by atoms with Gasteiger partial charge in [-0.25, -0.2) is 0 Å². The number of rotatable bonds is 3. The second-order valence-corrected chi connectivity index (χ2v) is 3.98. The Bertz CT molecular complexity index is 471. The quantitative estimate of drug-likeness (QED) is 0.856. The average molecular weight is 215 g/mol. The number of nitrogens with zero attached hydrogens (tertiary/aromatic N) is 2. The smallest absolute Gasteiger partial charge is 0.0992 e. The highest BCUT2D eigenvalue weighted by atomic mass is 32.1. The zero-order chi connectivity index (χ0) is 10.5. The minimum Gasteiger partial charge on any atom is -0.380 e. The van der Waals surface area contributed by atoms with Gasteiger partial charge in [0.25, 0.3) is 0 Å². The van der Waals surface area contributed by atoms with Crippen LogP contribution in [0.2, 0.25) is 0 Å². The summed E-state index contributed by atoms with van der Waals surface area (Å²) in [4.78, 5) is 5.17. The van der Waals surface area contributed by atoms with E-state index in [2.05, 4.69) is 16.4 Å². The van der Waals surface area contributed by atoms with Crippen molar-refractivity contribution in [2.75, 3.05) is 5.32 Å². The van der Waals surface area contributed by atoms with Crippen LogP contribution in [0.3, 0.4) is 0 Å². The summed E-state index contributed by atoms with van der Waals surface area (Å²) >= 11 is 1.61. The van der Waals surface area contributed by atoms with Gasteiger partial charge in [0.1, 0.15) is 0 Å². The number of anilines is 1. The molecule has 3 nitrogen and oxygen atoms in total. The summed E-state index contributed by atoms with van der Waals surface area (Å²) in [6.45, 7) is 0.750. The zero-order valence-electron chi connectivity index (χ0n) is 7.97. The standard InChI is InChI=1S/C11H9N3S/c12-5-9-2-1-3-10(4-9)14-7-11-6-13-8-15-11/h1-4,6,8,14H,7H2. The number of hydrogen-bond acceptors (Lipinski definition) is 4. The predicted molar refractivity (Wildman–Crippen MR) is 60.6 cm³/mol. The Morgan fingerprint density at radius 1 is 1.47 bits per heavy atom. The molecular formula is C11H9N3S. The number of thiazole rings is 1. The van der Waals surface area contributed by atoms with Crippen LogP contribution in [0, 0.1) is 11.3 Å². The number of benzene rings is 1. The molecule has 0 atom stereocenters. The van der Waals surface area contributed by atoms with Crippen LogP contribution in [0.1, 0.15) is 10.4 Å². The fourth-order valence-electron chi connectivity index (χ4n) is 1.22. The Kier molecular flexibility index (Phi) is 2.96. The lowest BCUT2D eigenvalue weighted by atomic mass is 10.2. The summed E-state index contributed by atoms with van der Waals surface area (Å²) in [5.41, 5.74) is 3.44. The number of aromatic nitrogens is 1. The van der Waals surface area contributed by atoms with E-state index in [-0.39, 0.29) is 0 Å². The maximum atomic E-state index is 8.73. The van der Waals surface area contributed by atoms with Crippen LogP contribution in [0.15, 0.2) is 36.0 Å². The molecule has 15 heavy (non-hydrogen) atoms. The second kappa shape index (κ2) is 4.58. The molecule has 0 bridgehead atoms. The summed E-state index contributed by atoms with van der Waals surface area (Å²) < 4.78 is 0. The Labute approximate surface area is 92.0 Å². The minimum absolute atomic E-state index is 0.671. The molecule has 74 valence electrons. The largest absolute Gasteiger partial charge is 0.380 e. The Morgan fingerprint density at radius 3 is 3.13 bits per heavy atom. The van der Waals surface area contributed by atoms with Crippen LogP contribution >= 0.6 is 11.3 Å². The fourth-order valence-corrected chi connectivity index (χ4v) is 1.75. The molecule has 0 fully saturated rings. The van der Waals surface area contributed by atoms with Gasteiger partial charge >= 0.3 is 0 Å². The highest BCUT2D eigenvalue weighted by Gasteiger charge is 1.96. The third-order valence-electron chi connectivity index (χ3n) is 1.94. The molecule has 1 aromatic carbocycles. The summed E-state index contributed by atoms with van der Waals surface area (Å²) in [5, 5.41) is 12.0. The van der Waals surface area contributed by atoms with Crippen molar-refractivity contribution in [2.45, 2.75) is 6.54 Å². The number of nitrogens with one attached hydrogen (secondary N) is 1. The highest BCUT2D eigenvalue weighted by Crippen LogP contribution is 2.12. The molecular weight excluding hydrogens is 206 g/mol.